The summed E-state index contributed by atoms with van der Waals surface area (Å²) in [7, 11) is -4.03. The van der Waals surface area contributed by atoms with Crippen molar-refractivity contribution in [2.45, 2.75) is 31.9 Å². The van der Waals surface area contributed by atoms with Crippen LogP contribution in [-0.2, 0) is 14.9 Å². The van der Waals surface area contributed by atoms with Gasteiger partial charge in [-0.1, -0.05) is 37.3 Å². The maximum absolute atomic E-state index is 11.6. The molecule has 0 spiro atoms. The Morgan fingerprint density at radius 1 is 1.47 bits per heavy atom. The van der Waals surface area contributed by atoms with Crippen LogP contribution in [0.1, 0.15) is 26.7 Å². The molecule has 0 aliphatic rings. The third-order valence-corrected chi connectivity index (χ3v) is 5.51. The molecule has 1 atom stereocenters. The van der Waals surface area contributed by atoms with Crippen LogP contribution >= 0.6 is 35.7 Å². The SMILES string of the molecule is CCCCSC(=S)S[C@@H](C)C(=O)NCCS(=O)(=O)O. The van der Waals surface area contributed by atoms with E-state index in [1.807, 2.05) is 0 Å². The topological polar surface area (TPSA) is 83.5 Å². The van der Waals surface area contributed by atoms with Gasteiger partial charge in [0.1, 0.15) is 3.53 Å². The van der Waals surface area contributed by atoms with Crippen LogP contribution in [0, 0.1) is 0 Å². The molecule has 0 aliphatic heterocycles. The molecule has 0 bridgehead atoms. The number of carbonyl (C=O) groups is 1. The van der Waals surface area contributed by atoms with Gasteiger partial charge in [0.2, 0.25) is 5.91 Å². The first-order valence-corrected chi connectivity index (χ1v) is 9.70. The van der Waals surface area contributed by atoms with Crippen LogP contribution in [0.25, 0.3) is 0 Å². The maximum Gasteiger partial charge on any atom is 0.266 e. The Hall–Kier alpha value is 0.170. The minimum atomic E-state index is -4.03. The Kier molecular flexibility index (Phi) is 10.1. The van der Waals surface area contributed by atoms with Gasteiger partial charge < -0.3 is 5.32 Å². The number of hydrogen-bond acceptors (Lipinski definition) is 6. The fourth-order valence-corrected chi connectivity index (χ4v) is 4.06. The molecule has 0 aromatic rings. The zero-order valence-corrected chi connectivity index (χ0v) is 14.2. The normalized spacial score (nSPS) is 13.0. The highest BCUT2D eigenvalue weighted by molar-refractivity contribution is 8.47. The van der Waals surface area contributed by atoms with E-state index in [0.717, 1.165) is 18.6 Å². The number of thioether (sulfide) groups is 2. The van der Waals surface area contributed by atoms with Gasteiger partial charge in [-0.15, -0.1) is 11.8 Å². The fourth-order valence-electron chi connectivity index (χ4n) is 0.979. The van der Waals surface area contributed by atoms with Crippen molar-refractivity contribution in [1.82, 2.24) is 5.32 Å². The van der Waals surface area contributed by atoms with E-state index in [9.17, 15) is 13.2 Å². The summed E-state index contributed by atoms with van der Waals surface area (Å²) in [5.41, 5.74) is 0. The first kappa shape index (κ1) is 19.2. The molecule has 1 amide bonds. The van der Waals surface area contributed by atoms with Crippen molar-refractivity contribution in [2.75, 3.05) is 18.1 Å². The third kappa shape index (κ3) is 11.7. The van der Waals surface area contributed by atoms with E-state index in [2.05, 4.69) is 12.2 Å². The van der Waals surface area contributed by atoms with Crippen molar-refractivity contribution in [3.05, 3.63) is 0 Å². The molecule has 0 radical (unpaired) electrons. The van der Waals surface area contributed by atoms with E-state index in [-0.39, 0.29) is 17.7 Å². The summed E-state index contributed by atoms with van der Waals surface area (Å²) in [5.74, 6) is 0.178. The summed E-state index contributed by atoms with van der Waals surface area (Å²) in [6, 6.07) is 0. The summed E-state index contributed by atoms with van der Waals surface area (Å²) in [5, 5.41) is 2.07. The molecule has 0 saturated carbocycles. The number of nitrogens with one attached hydrogen (secondary N) is 1. The Labute approximate surface area is 128 Å². The van der Waals surface area contributed by atoms with E-state index >= 15 is 0 Å². The van der Waals surface area contributed by atoms with Crippen LogP contribution in [0.15, 0.2) is 0 Å². The average Bonchev–Trinajstić information content (AvgIpc) is 2.27. The Bertz CT molecular complexity index is 396. The van der Waals surface area contributed by atoms with Crippen molar-refractivity contribution in [3.63, 3.8) is 0 Å². The van der Waals surface area contributed by atoms with E-state index in [1.54, 1.807) is 18.7 Å². The van der Waals surface area contributed by atoms with Gasteiger partial charge in [0.05, 0.1) is 11.0 Å². The quantitative estimate of drug-likeness (QED) is 0.395. The molecule has 0 saturated heterocycles. The Balaban J connectivity index is 3.90. The maximum atomic E-state index is 11.6. The predicted molar refractivity (Wildman–Crippen MR) is 86.4 cm³/mol. The summed E-state index contributed by atoms with van der Waals surface area (Å²) in [6.45, 7) is 3.71. The minimum absolute atomic E-state index is 0.0989. The molecule has 0 rings (SSSR count). The Morgan fingerprint density at radius 2 is 2.11 bits per heavy atom. The van der Waals surface area contributed by atoms with Crippen LogP contribution in [0.2, 0.25) is 0 Å². The van der Waals surface area contributed by atoms with Crippen molar-refractivity contribution in [3.8, 4) is 0 Å². The fraction of sp³-hybridized carbons (Fsp3) is 0.800. The summed E-state index contributed by atoms with van der Waals surface area (Å²) in [4.78, 5) is 11.6. The zero-order chi connectivity index (χ0) is 14.9. The molecule has 0 unspecified atom stereocenters. The van der Waals surface area contributed by atoms with E-state index in [0.29, 0.717) is 3.53 Å². The molecular formula is C10H19NO4S4. The van der Waals surface area contributed by atoms with Gasteiger partial charge in [-0.25, -0.2) is 0 Å². The van der Waals surface area contributed by atoms with Gasteiger partial charge in [-0.05, 0) is 19.1 Å². The van der Waals surface area contributed by atoms with Crippen molar-refractivity contribution in [1.29, 1.82) is 0 Å². The molecule has 0 aromatic carbocycles. The van der Waals surface area contributed by atoms with Crippen LogP contribution < -0.4 is 5.32 Å². The average molecular weight is 346 g/mol. The summed E-state index contributed by atoms with van der Waals surface area (Å²) >= 11 is 7.98. The lowest BCUT2D eigenvalue weighted by molar-refractivity contribution is -0.120. The van der Waals surface area contributed by atoms with Crippen molar-refractivity contribution < 1.29 is 17.8 Å². The minimum Gasteiger partial charge on any atom is -0.354 e. The lowest BCUT2D eigenvalue weighted by Crippen LogP contribution is -2.34. The first-order chi connectivity index (χ1) is 8.76. The largest absolute Gasteiger partial charge is 0.354 e. The van der Waals surface area contributed by atoms with Gasteiger partial charge in [0.15, 0.2) is 0 Å². The molecule has 112 valence electrons. The number of amides is 1. The van der Waals surface area contributed by atoms with Crippen molar-refractivity contribution >= 4 is 55.3 Å². The highest BCUT2D eigenvalue weighted by Gasteiger charge is 2.16. The standard InChI is InChI=1S/C10H19NO4S4/c1-3-4-6-17-10(16)18-8(2)9(12)11-5-7-19(13,14)15/h8H,3-7H2,1-2H3,(H,11,12)(H,13,14,15)/t8-/m0/s1. The second kappa shape index (κ2) is 9.98. The second-order valence-corrected chi connectivity index (χ2v) is 9.00. The Morgan fingerprint density at radius 3 is 2.63 bits per heavy atom. The summed E-state index contributed by atoms with van der Waals surface area (Å²) < 4.78 is 30.2. The molecule has 5 nitrogen and oxygen atoms in total. The lowest BCUT2D eigenvalue weighted by atomic mass is 10.4. The second-order valence-electron chi connectivity index (χ2n) is 3.79. The molecule has 0 fully saturated rings. The van der Waals surface area contributed by atoms with E-state index in [4.69, 9.17) is 16.8 Å². The zero-order valence-electron chi connectivity index (χ0n) is 10.9. The van der Waals surface area contributed by atoms with Gasteiger partial charge in [0.25, 0.3) is 10.1 Å². The van der Waals surface area contributed by atoms with E-state index < -0.39 is 15.9 Å². The number of unbranched alkanes of at least 4 members (excludes halogenated alkanes) is 1. The van der Waals surface area contributed by atoms with Crippen LogP contribution in [0.5, 0.6) is 0 Å². The highest BCUT2D eigenvalue weighted by Crippen LogP contribution is 2.22. The molecule has 19 heavy (non-hydrogen) atoms. The highest BCUT2D eigenvalue weighted by atomic mass is 32.2. The monoisotopic (exact) mass is 345 g/mol. The molecular weight excluding hydrogens is 326 g/mol. The molecule has 0 aliphatic carbocycles. The van der Waals surface area contributed by atoms with Crippen LogP contribution in [0.4, 0.5) is 0 Å². The lowest BCUT2D eigenvalue weighted by Gasteiger charge is -2.11. The number of rotatable bonds is 8. The molecule has 0 aromatic heterocycles. The van der Waals surface area contributed by atoms with Crippen LogP contribution in [0.3, 0.4) is 0 Å². The van der Waals surface area contributed by atoms with Crippen LogP contribution in [-0.4, -0.2) is 45.7 Å². The molecule has 2 N–H and O–H groups in total. The third-order valence-electron chi connectivity index (χ3n) is 2.02. The van der Waals surface area contributed by atoms with Gasteiger partial charge in [-0.3, -0.25) is 9.35 Å². The van der Waals surface area contributed by atoms with Gasteiger partial charge in [-0.2, -0.15) is 8.42 Å². The van der Waals surface area contributed by atoms with Gasteiger partial charge in [0, 0.05) is 6.54 Å². The molecule has 0 heterocycles. The first-order valence-electron chi connectivity index (χ1n) is 5.82. The predicted octanol–water partition coefficient (Wildman–Crippen LogP) is 1.93. The van der Waals surface area contributed by atoms with Gasteiger partial charge >= 0.3 is 0 Å². The van der Waals surface area contributed by atoms with Crippen molar-refractivity contribution in [2.24, 2.45) is 0 Å². The number of thiocarbonyl (C=S) groups is 1. The molecule has 9 heteroatoms. The smallest absolute Gasteiger partial charge is 0.266 e. The number of carbonyl (C=O) groups excluding carboxylic acids is 1. The summed E-state index contributed by atoms with van der Waals surface area (Å²) in [6.07, 6.45) is 2.19. The van der Waals surface area contributed by atoms with E-state index in [1.165, 1.54) is 11.8 Å². The number of hydrogen-bond donors (Lipinski definition) is 2.